The highest BCUT2D eigenvalue weighted by Gasteiger charge is 2.24. The van der Waals surface area contributed by atoms with Gasteiger partial charge in [-0.1, -0.05) is 30.3 Å². The molecule has 0 spiro atoms. The molecular weight excluding hydrogens is 272 g/mol. The Bertz CT molecular complexity index is 863. The Morgan fingerprint density at radius 1 is 1.14 bits per heavy atom. The molecule has 3 nitrogen and oxygen atoms in total. The Kier molecular flexibility index (Phi) is 3.00. The highest BCUT2D eigenvalue weighted by Crippen LogP contribution is 2.28. The Hall–Kier alpha value is -2.55. The summed E-state index contributed by atoms with van der Waals surface area (Å²) in [5, 5.41) is 1.08. The predicted molar refractivity (Wildman–Crippen MR) is 89.5 cm³/mol. The lowest BCUT2D eigenvalue weighted by molar-refractivity contribution is 0.0981. The molecule has 3 aromatic rings. The van der Waals surface area contributed by atoms with Crippen LogP contribution in [0, 0.1) is 6.92 Å². The number of carbonyl (C=O) groups excluding carboxylic acids is 1. The first-order valence-corrected chi connectivity index (χ1v) is 7.71. The van der Waals surface area contributed by atoms with Crippen LogP contribution in [0.3, 0.4) is 0 Å². The third kappa shape index (κ3) is 2.10. The van der Waals surface area contributed by atoms with Crippen molar-refractivity contribution < 1.29 is 4.79 Å². The number of carbonyl (C=O) groups is 1. The molecule has 110 valence electrons. The van der Waals surface area contributed by atoms with E-state index in [-0.39, 0.29) is 5.91 Å². The molecule has 0 fully saturated rings. The van der Waals surface area contributed by atoms with E-state index in [1.54, 1.807) is 0 Å². The third-order valence-electron chi connectivity index (χ3n) is 4.36. The SMILES string of the molecule is Cc1ccc2cc(C(=O)N3CCCc4ccccc43)[nH]c2c1. The Labute approximate surface area is 129 Å². The van der Waals surface area contributed by atoms with E-state index in [9.17, 15) is 4.79 Å². The molecule has 0 bridgehead atoms. The first-order chi connectivity index (χ1) is 10.7. The number of hydrogen-bond acceptors (Lipinski definition) is 1. The number of nitrogens with zero attached hydrogens (tertiary/aromatic N) is 1. The summed E-state index contributed by atoms with van der Waals surface area (Å²) in [4.78, 5) is 18.1. The van der Waals surface area contributed by atoms with Crippen LogP contribution in [0.25, 0.3) is 10.9 Å². The van der Waals surface area contributed by atoms with Gasteiger partial charge in [0, 0.05) is 23.1 Å². The minimum Gasteiger partial charge on any atom is -0.351 e. The monoisotopic (exact) mass is 290 g/mol. The third-order valence-corrected chi connectivity index (χ3v) is 4.36. The summed E-state index contributed by atoms with van der Waals surface area (Å²) in [7, 11) is 0. The summed E-state index contributed by atoms with van der Waals surface area (Å²) < 4.78 is 0. The number of fused-ring (bicyclic) bond motifs is 2. The molecule has 1 amide bonds. The maximum Gasteiger partial charge on any atom is 0.274 e. The zero-order valence-electron chi connectivity index (χ0n) is 12.6. The van der Waals surface area contributed by atoms with Crippen LogP contribution in [0.2, 0.25) is 0 Å². The second kappa shape index (κ2) is 5.02. The lowest BCUT2D eigenvalue weighted by Crippen LogP contribution is -2.35. The van der Waals surface area contributed by atoms with Gasteiger partial charge in [0.2, 0.25) is 0 Å². The van der Waals surface area contributed by atoms with Crippen LogP contribution in [0.4, 0.5) is 5.69 Å². The zero-order valence-corrected chi connectivity index (χ0v) is 12.6. The number of benzene rings is 2. The highest BCUT2D eigenvalue weighted by atomic mass is 16.2. The predicted octanol–water partition coefficient (Wildman–Crippen LogP) is 4.07. The smallest absolute Gasteiger partial charge is 0.274 e. The van der Waals surface area contributed by atoms with Crippen molar-refractivity contribution in [2.24, 2.45) is 0 Å². The number of nitrogens with one attached hydrogen (secondary N) is 1. The van der Waals surface area contributed by atoms with Gasteiger partial charge in [0.1, 0.15) is 5.69 Å². The van der Waals surface area contributed by atoms with Gasteiger partial charge in [-0.15, -0.1) is 0 Å². The average Bonchev–Trinajstić information content (AvgIpc) is 2.96. The van der Waals surface area contributed by atoms with E-state index in [0.717, 1.165) is 36.0 Å². The standard InChI is InChI=1S/C19H18N2O/c1-13-8-9-15-12-17(20-16(15)11-13)19(22)21-10-4-6-14-5-2-3-7-18(14)21/h2-3,5,7-9,11-12,20H,4,6,10H2,1H3. The molecule has 1 aliphatic rings. The van der Waals surface area contributed by atoms with Crippen molar-refractivity contribution >= 4 is 22.5 Å². The van der Waals surface area contributed by atoms with Crippen molar-refractivity contribution in [2.75, 3.05) is 11.4 Å². The number of para-hydroxylation sites is 1. The summed E-state index contributed by atoms with van der Waals surface area (Å²) >= 11 is 0. The van der Waals surface area contributed by atoms with Crippen molar-refractivity contribution in [3.05, 3.63) is 65.4 Å². The van der Waals surface area contributed by atoms with Crippen LogP contribution < -0.4 is 4.90 Å². The quantitative estimate of drug-likeness (QED) is 0.720. The van der Waals surface area contributed by atoms with Crippen LogP contribution in [-0.2, 0) is 6.42 Å². The first kappa shape index (κ1) is 13.1. The van der Waals surface area contributed by atoms with Crippen molar-refractivity contribution in [1.82, 2.24) is 4.98 Å². The highest BCUT2D eigenvalue weighted by molar-refractivity contribution is 6.08. The van der Waals surface area contributed by atoms with Crippen molar-refractivity contribution in [3.8, 4) is 0 Å². The maximum atomic E-state index is 12.9. The Morgan fingerprint density at radius 2 is 2.00 bits per heavy atom. The molecular formula is C19H18N2O. The van der Waals surface area contributed by atoms with Gasteiger partial charge in [0.25, 0.3) is 5.91 Å². The van der Waals surface area contributed by atoms with Crippen molar-refractivity contribution in [2.45, 2.75) is 19.8 Å². The average molecular weight is 290 g/mol. The topological polar surface area (TPSA) is 36.1 Å². The Balaban J connectivity index is 1.75. The lowest BCUT2D eigenvalue weighted by atomic mass is 10.0. The Morgan fingerprint density at radius 3 is 2.91 bits per heavy atom. The first-order valence-electron chi connectivity index (χ1n) is 7.71. The summed E-state index contributed by atoms with van der Waals surface area (Å²) in [5.74, 6) is 0.0565. The van der Waals surface area contributed by atoms with Crippen molar-refractivity contribution in [3.63, 3.8) is 0 Å². The van der Waals surface area contributed by atoms with Gasteiger partial charge < -0.3 is 9.88 Å². The number of hydrogen-bond donors (Lipinski definition) is 1. The minimum absolute atomic E-state index is 0.0565. The van der Waals surface area contributed by atoms with Gasteiger partial charge in [-0.05, 0) is 49.1 Å². The molecule has 0 saturated carbocycles. The molecule has 1 N–H and O–H groups in total. The summed E-state index contributed by atoms with van der Waals surface area (Å²) in [6.45, 7) is 2.84. The van der Waals surface area contributed by atoms with Gasteiger partial charge in [-0.25, -0.2) is 0 Å². The normalized spacial score (nSPS) is 14.1. The number of aromatic amines is 1. The molecule has 22 heavy (non-hydrogen) atoms. The number of aryl methyl sites for hydroxylation is 2. The van der Waals surface area contributed by atoms with E-state index >= 15 is 0 Å². The lowest BCUT2D eigenvalue weighted by Gasteiger charge is -2.29. The molecule has 0 unspecified atom stereocenters. The minimum atomic E-state index is 0.0565. The summed E-state index contributed by atoms with van der Waals surface area (Å²) in [6.07, 6.45) is 2.06. The van der Waals surface area contributed by atoms with E-state index in [4.69, 9.17) is 0 Å². The second-order valence-corrected chi connectivity index (χ2v) is 5.96. The molecule has 1 aliphatic heterocycles. The van der Waals surface area contributed by atoms with Gasteiger partial charge in [-0.3, -0.25) is 4.79 Å². The number of anilines is 1. The molecule has 0 aliphatic carbocycles. The molecule has 2 heterocycles. The van der Waals surface area contributed by atoms with E-state index in [1.807, 2.05) is 29.2 Å². The fraction of sp³-hybridized carbons (Fsp3) is 0.211. The van der Waals surface area contributed by atoms with E-state index in [1.165, 1.54) is 11.1 Å². The van der Waals surface area contributed by atoms with Gasteiger partial charge in [0.05, 0.1) is 0 Å². The fourth-order valence-corrected chi connectivity index (χ4v) is 3.25. The largest absolute Gasteiger partial charge is 0.351 e. The molecule has 0 saturated heterocycles. The maximum absolute atomic E-state index is 12.9. The van der Waals surface area contributed by atoms with Crippen LogP contribution in [-0.4, -0.2) is 17.4 Å². The molecule has 3 heteroatoms. The van der Waals surface area contributed by atoms with Crippen LogP contribution >= 0.6 is 0 Å². The second-order valence-electron chi connectivity index (χ2n) is 5.96. The van der Waals surface area contributed by atoms with Crippen molar-refractivity contribution in [1.29, 1.82) is 0 Å². The van der Waals surface area contributed by atoms with Gasteiger partial charge in [0.15, 0.2) is 0 Å². The molecule has 4 rings (SSSR count). The summed E-state index contributed by atoms with van der Waals surface area (Å²) in [5.41, 5.74) is 5.19. The molecule has 1 aromatic heterocycles. The van der Waals surface area contributed by atoms with E-state index < -0.39 is 0 Å². The number of aromatic nitrogens is 1. The van der Waals surface area contributed by atoms with Gasteiger partial charge in [-0.2, -0.15) is 0 Å². The van der Waals surface area contributed by atoms with Gasteiger partial charge >= 0.3 is 0 Å². The number of H-pyrrole nitrogens is 1. The molecule has 0 atom stereocenters. The van der Waals surface area contributed by atoms with Crippen LogP contribution in [0.1, 0.15) is 28.0 Å². The van der Waals surface area contributed by atoms with E-state index in [0.29, 0.717) is 5.69 Å². The van der Waals surface area contributed by atoms with E-state index in [2.05, 4.69) is 36.2 Å². The summed E-state index contributed by atoms with van der Waals surface area (Å²) in [6, 6.07) is 16.4. The zero-order chi connectivity index (χ0) is 15.1. The number of amides is 1. The van der Waals surface area contributed by atoms with Crippen LogP contribution in [0.15, 0.2) is 48.5 Å². The molecule has 2 aromatic carbocycles. The number of rotatable bonds is 1. The fourth-order valence-electron chi connectivity index (χ4n) is 3.25. The van der Waals surface area contributed by atoms with Crippen LogP contribution in [0.5, 0.6) is 0 Å². The molecule has 0 radical (unpaired) electrons.